The molecule has 2 aromatic carbocycles. The Morgan fingerprint density at radius 2 is 1.75 bits per heavy atom. The molecule has 0 aliphatic heterocycles. The summed E-state index contributed by atoms with van der Waals surface area (Å²) in [5, 5.41) is 0. The van der Waals surface area contributed by atoms with Crippen molar-refractivity contribution in [2.24, 2.45) is 0 Å². The maximum atomic E-state index is 12.7. The molecule has 5 heteroatoms. The van der Waals surface area contributed by atoms with E-state index in [1.807, 2.05) is 69.3 Å². The van der Waals surface area contributed by atoms with Crippen molar-refractivity contribution < 1.29 is 19.1 Å². The molecule has 0 saturated carbocycles. The van der Waals surface area contributed by atoms with E-state index in [-0.39, 0.29) is 12.5 Å². The fourth-order valence-electron chi connectivity index (χ4n) is 2.63. The van der Waals surface area contributed by atoms with Crippen LogP contribution in [0.5, 0.6) is 5.75 Å². The van der Waals surface area contributed by atoms with Crippen molar-refractivity contribution >= 4 is 18.0 Å². The monoisotopic (exact) mass is 381 g/mol. The molecule has 2 rings (SSSR count). The Kier molecular flexibility index (Phi) is 7.38. The molecule has 1 amide bonds. The number of ether oxygens (including phenoxy) is 2. The van der Waals surface area contributed by atoms with Gasteiger partial charge in [-0.05, 0) is 50.1 Å². The standard InChI is InChI=1S/C23H27NO4/c1-23(2,3)24(16-19-9-6-5-7-10-19)21(25)17-28-22(26)14-13-18-11-8-12-20(15-18)27-4/h5-15H,16-17H2,1-4H3/b14-13+. The predicted molar refractivity (Wildman–Crippen MR) is 110 cm³/mol. The van der Waals surface area contributed by atoms with Gasteiger partial charge in [-0.25, -0.2) is 4.79 Å². The second kappa shape index (κ2) is 9.74. The third kappa shape index (κ3) is 6.58. The lowest BCUT2D eigenvalue weighted by Gasteiger charge is -2.35. The fourth-order valence-corrected chi connectivity index (χ4v) is 2.63. The molecule has 148 valence electrons. The first-order valence-corrected chi connectivity index (χ1v) is 9.13. The van der Waals surface area contributed by atoms with Crippen LogP contribution in [-0.4, -0.2) is 36.0 Å². The lowest BCUT2D eigenvalue weighted by molar-refractivity contribution is -0.151. The Bertz CT molecular complexity index is 822. The average molecular weight is 381 g/mol. The molecule has 0 unspecified atom stereocenters. The number of esters is 1. The first kappa shape index (κ1) is 21.2. The van der Waals surface area contributed by atoms with Crippen LogP contribution >= 0.6 is 0 Å². The van der Waals surface area contributed by atoms with Crippen molar-refractivity contribution in [1.82, 2.24) is 4.90 Å². The number of carbonyl (C=O) groups is 2. The maximum absolute atomic E-state index is 12.7. The Labute approximate surface area is 166 Å². The molecular weight excluding hydrogens is 354 g/mol. The van der Waals surface area contributed by atoms with Crippen molar-refractivity contribution in [1.29, 1.82) is 0 Å². The van der Waals surface area contributed by atoms with Gasteiger partial charge in [-0.3, -0.25) is 4.79 Å². The quantitative estimate of drug-likeness (QED) is 0.536. The minimum absolute atomic E-state index is 0.237. The molecule has 0 atom stereocenters. The molecule has 0 bridgehead atoms. The summed E-state index contributed by atoms with van der Waals surface area (Å²) >= 11 is 0. The summed E-state index contributed by atoms with van der Waals surface area (Å²) in [6.45, 7) is 6.03. The number of methoxy groups -OCH3 is 1. The topological polar surface area (TPSA) is 55.8 Å². The summed E-state index contributed by atoms with van der Waals surface area (Å²) in [6.07, 6.45) is 2.93. The minimum Gasteiger partial charge on any atom is -0.497 e. The smallest absolute Gasteiger partial charge is 0.331 e. The van der Waals surface area contributed by atoms with Gasteiger partial charge in [0.05, 0.1) is 7.11 Å². The highest BCUT2D eigenvalue weighted by atomic mass is 16.5. The van der Waals surface area contributed by atoms with Crippen molar-refractivity contribution in [3.63, 3.8) is 0 Å². The third-order valence-corrected chi connectivity index (χ3v) is 4.14. The summed E-state index contributed by atoms with van der Waals surface area (Å²) < 4.78 is 10.3. The highest BCUT2D eigenvalue weighted by Crippen LogP contribution is 2.18. The summed E-state index contributed by atoms with van der Waals surface area (Å²) in [6, 6.07) is 17.0. The number of hydrogen-bond donors (Lipinski definition) is 0. The van der Waals surface area contributed by atoms with Crippen molar-refractivity contribution in [2.75, 3.05) is 13.7 Å². The van der Waals surface area contributed by atoms with E-state index in [1.54, 1.807) is 24.2 Å². The summed E-state index contributed by atoms with van der Waals surface area (Å²) in [7, 11) is 1.58. The number of hydrogen-bond acceptors (Lipinski definition) is 4. The Morgan fingerprint density at radius 3 is 2.39 bits per heavy atom. The highest BCUT2D eigenvalue weighted by Gasteiger charge is 2.27. The van der Waals surface area contributed by atoms with E-state index in [2.05, 4.69) is 0 Å². The molecule has 0 aliphatic rings. The number of rotatable bonds is 7. The average Bonchev–Trinajstić information content (AvgIpc) is 2.68. The molecule has 0 heterocycles. The number of nitrogens with zero attached hydrogens (tertiary/aromatic N) is 1. The van der Waals surface area contributed by atoms with Gasteiger partial charge in [0.15, 0.2) is 6.61 Å². The molecular formula is C23H27NO4. The number of amides is 1. The zero-order valence-corrected chi connectivity index (χ0v) is 16.8. The molecule has 0 spiro atoms. The van der Waals surface area contributed by atoms with Gasteiger partial charge in [0, 0.05) is 18.2 Å². The minimum atomic E-state index is -0.565. The second-order valence-corrected chi connectivity index (χ2v) is 7.35. The van der Waals surface area contributed by atoms with Gasteiger partial charge in [-0.2, -0.15) is 0 Å². The normalized spacial score (nSPS) is 11.3. The zero-order valence-electron chi connectivity index (χ0n) is 16.8. The maximum Gasteiger partial charge on any atom is 0.331 e. The third-order valence-electron chi connectivity index (χ3n) is 4.14. The van der Waals surface area contributed by atoms with Crippen LogP contribution in [0.1, 0.15) is 31.9 Å². The summed E-state index contributed by atoms with van der Waals surface area (Å²) in [5.74, 6) is -0.100. The van der Waals surface area contributed by atoms with Gasteiger partial charge >= 0.3 is 5.97 Å². The van der Waals surface area contributed by atoms with E-state index in [9.17, 15) is 9.59 Å². The van der Waals surface area contributed by atoms with Crippen LogP contribution < -0.4 is 4.74 Å². The Hall–Kier alpha value is -3.08. The Balaban J connectivity index is 1.95. The highest BCUT2D eigenvalue weighted by molar-refractivity contribution is 5.89. The molecule has 0 aliphatic carbocycles. The second-order valence-electron chi connectivity index (χ2n) is 7.35. The molecule has 5 nitrogen and oxygen atoms in total. The molecule has 0 saturated heterocycles. The van der Waals surface area contributed by atoms with Crippen LogP contribution in [0.2, 0.25) is 0 Å². The largest absolute Gasteiger partial charge is 0.497 e. The lowest BCUT2D eigenvalue weighted by Crippen LogP contribution is -2.46. The lowest BCUT2D eigenvalue weighted by atomic mass is 10.0. The fraction of sp³-hybridized carbons (Fsp3) is 0.304. The van der Waals surface area contributed by atoms with Gasteiger partial charge in [0.2, 0.25) is 0 Å². The Morgan fingerprint density at radius 1 is 1.04 bits per heavy atom. The molecule has 0 aromatic heterocycles. The van der Waals surface area contributed by atoms with Crippen LogP contribution in [0.25, 0.3) is 6.08 Å². The van der Waals surface area contributed by atoms with Crippen LogP contribution in [0.15, 0.2) is 60.7 Å². The van der Waals surface area contributed by atoms with Gasteiger partial charge in [-0.1, -0.05) is 42.5 Å². The molecule has 0 radical (unpaired) electrons. The van der Waals surface area contributed by atoms with Crippen LogP contribution in [0.3, 0.4) is 0 Å². The van der Waals surface area contributed by atoms with Gasteiger partial charge < -0.3 is 14.4 Å². The SMILES string of the molecule is COc1cccc(/C=C/C(=O)OCC(=O)N(Cc2ccccc2)C(C)(C)C)c1. The van der Waals surface area contributed by atoms with E-state index in [1.165, 1.54) is 6.08 Å². The van der Waals surface area contributed by atoms with Crippen molar-refractivity contribution in [2.45, 2.75) is 32.9 Å². The number of carbonyl (C=O) groups excluding carboxylic acids is 2. The van der Waals surface area contributed by atoms with Gasteiger partial charge in [0.25, 0.3) is 5.91 Å². The van der Waals surface area contributed by atoms with Gasteiger partial charge in [-0.15, -0.1) is 0 Å². The van der Waals surface area contributed by atoms with E-state index in [0.717, 1.165) is 11.1 Å². The molecule has 2 aromatic rings. The molecule has 28 heavy (non-hydrogen) atoms. The van der Waals surface area contributed by atoms with Crippen molar-refractivity contribution in [3.05, 3.63) is 71.8 Å². The molecule has 0 N–H and O–H groups in total. The van der Waals surface area contributed by atoms with Crippen LogP contribution in [-0.2, 0) is 20.9 Å². The summed E-state index contributed by atoms with van der Waals surface area (Å²) in [5.41, 5.74) is 1.44. The van der Waals surface area contributed by atoms with Gasteiger partial charge in [0.1, 0.15) is 5.75 Å². The van der Waals surface area contributed by atoms with Crippen molar-refractivity contribution in [3.8, 4) is 5.75 Å². The number of benzene rings is 2. The van der Waals surface area contributed by atoms with E-state index >= 15 is 0 Å². The van der Waals surface area contributed by atoms with E-state index in [4.69, 9.17) is 9.47 Å². The van der Waals surface area contributed by atoms with E-state index in [0.29, 0.717) is 12.3 Å². The van der Waals surface area contributed by atoms with Crippen LogP contribution in [0.4, 0.5) is 0 Å². The summed E-state index contributed by atoms with van der Waals surface area (Å²) in [4.78, 5) is 26.4. The molecule has 0 fully saturated rings. The first-order valence-electron chi connectivity index (χ1n) is 9.13. The predicted octanol–water partition coefficient (Wildman–Crippen LogP) is 4.08. The van der Waals surface area contributed by atoms with E-state index < -0.39 is 11.5 Å². The van der Waals surface area contributed by atoms with Crippen LogP contribution in [0, 0.1) is 0 Å². The first-order chi connectivity index (χ1) is 13.3. The zero-order chi connectivity index (χ0) is 20.6.